The van der Waals surface area contributed by atoms with Crippen molar-refractivity contribution in [2.24, 2.45) is 0 Å². The Morgan fingerprint density at radius 3 is 2.95 bits per heavy atom. The molecular formula is C15H17NO2S. The molecule has 0 aliphatic carbocycles. The van der Waals surface area contributed by atoms with Crippen molar-refractivity contribution in [1.29, 1.82) is 0 Å². The summed E-state index contributed by atoms with van der Waals surface area (Å²) in [6.45, 7) is 3.67. The lowest BCUT2D eigenvalue weighted by Gasteiger charge is -2.10. The Morgan fingerprint density at radius 2 is 2.16 bits per heavy atom. The number of phenolic OH excluding ortho intramolecular Hbond substituents is 1. The molecule has 100 valence electrons. The molecule has 0 amide bonds. The minimum Gasteiger partial charge on any atom is -0.508 e. The fourth-order valence-electron chi connectivity index (χ4n) is 2.30. The Kier molecular flexibility index (Phi) is 3.44. The van der Waals surface area contributed by atoms with Crippen LogP contribution in [0.15, 0.2) is 30.3 Å². The highest BCUT2D eigenvalue weighted by atomic mass is 32.1. The third kappa shape index (κ3) is 2.60. The Labute approximate surface area is 116 Å². The summed E-state index contributed by atoms with van der Waals surface area (Å²) in [6.07, 6.45) is 1.10. The molecule has 1 atom stereocenters. The number of aromatic hydroxyl groups is 1. The monoisotopic (exact) mass is 275 g/mol. The van der Waals surface area contributed by atoms with E-state index in [4.69, 9.17) is 4.74 Å². The van der Waals surface area contributed by atoms with Crippen LogP contribution < -0.4 is 10.1 Å². The number of aryl methyl sites for hydroxylation is 1. The van der Waals surface area contributed by atoms with Crippen LogP contribution in [0.2, 0.25) is 0 Å². The van der Waals surface area contributed by atoms with Gasteiger partial charge in [0, 0.05) is 27.9 Å². The van der Waals surface area contributed by atoms with Gasteiger partial charge in [-0.05, 0) is 30.7 Å². The molecule has 19 heavy (non-hydrogen) atoms. The van der Waals surface area contributed by atoms with Crippen LogP contribution in [-0.4, -0.2) is 11.7 Å². The summed E-state index contributed by atoms with van der Waals surface area (Å²) in [4.78, 5) is 2.77. The molecule has 1 aromatic carbocycles. The molecule has 2 aromatic rings. The molecule has 0 saturated carbocycles. The van der Waals surface area contributed by atoms with E-state index in [2.05, 4.69) is 24.4 Å². The Bertz CT molecular complexity index is 579. The molecule has 1 unspecified atom stereocenters. The van der Waals surface area contributed by atoms with Crippen molar-refractivity contribution in [3.63, 3.8) is 0 Å². The van der Waals surface area contributed by atoms with Crippen LogP contribution in [0.1, 0.15) is 28.3 Å². The summed E-state index contributed by atoms with van der Waals surface area (Å²) < 4.78 is 5.59. The molecule has 4 heteroatoms. The summed E-state index contributed by atoms with van der Waals surface area (Å²) in [5.74, 6) is 1.04. The second kappa shape index (κ2) is 5.23. The van der Waals surface area contributed by atoms with E-state index < -0.39 is 0 Å². The smallest absolute Gasteiger partial charge is 0.127 e. The van der Waals surface area contributed by atoms with E-state index in [0.29, 0.717) is 6.61 Å². The van der Waals surface area contributed by atoms with Crippen LogP contribution in [0.5, 0.6) is 11.5 Å². The van der Waals surface area contributed by atoms with Crippen molar-refractivity contribution in [3.8, 4) is 11.5 Å². The molecule has 2 N–H and O–H groups in total. The molecule has 0 radical (unpaired) electrons. The van der Waals surface area contributed by atoms with Gasteiger partial charge in [0.2, 0.25) is 0 Å². The summed E-state index contributed by atoms with van der Waals surface area (Å²) >= 11 is 1.86. The first-order valence-electron chi connectivity index (χ1n) is 6.53. The first kappa shape index (κ1) is 12.5. The van der Waals surface area contributed by atoms with Gasteiger partial charge in [-0.25, -0.2) is 0 Å². The fraction of sp³-hybridized carbons (Fsp3) is 0.333. The molecule has 0 saturated heterocycles. The summed E-state index contributed by atoms with van der Waals surface area (Å²) in [6, 6.07) is 9.91. The van der Waals surface area contributed by atoms with Crippen molar-refractivity contribution in [2.75, 3.05) is 6.61 Å². The third-order valence-corrected chi connectivity index (χ3v) is 4.60. The second-order valence-electron chi connectivity index (χ2n) is 4.69. The normalized spacial score (nSPS) is 17.2. The number of hydrogen-bond donors (Lipinski definition) is 2. The number of phenols is 1. The molecule has 1 aromatic heterocycles. The minimum absolute atomic E-state index is 0.211. The largest absolute Gasteiger partial charge is 0.508 e. The van der Waals surface area contributed by atoms with Gasteiger partial charge >= 0.3 is 0 Å². The molecule has 0 bridgehead atoms. The van der Waals surface area contributed by atoms with Crippen LogP contribution in [0.25, 0.3) is 0 Å². The van der Waals surface area contributed by atoms with E-state index in [1.165, 1.54) is 9.75 Å². The maximum Gasteiger partial charge on any atom is 0.127 e. The first-order chi connectivity index (χ1) is 9.26. The van der Waals surface area contributed by atoms with E-state index in [0.717, 1.165) is 24.3 Å². The topological polar surface area (TPSA) is 41.5 Å². The van der Waals surface area contributed by atoms with Gasteiger partial charge in [0.15, 0.2) is 0 Å². The molecule has 1 aliphatic heterocycles. The number of ether oxygens (including phenoxy) is 1. The summed E-state index contributed by atoms with van der Waals surface area (Å²) in [5, 5.41) is 12.9. The van der Waals surface area contributed by atoms with Gasteiger partial charge in [-0.3, -0.25) is 0 Å². The van der Waals surface area contributed by atoms with E-state index in [9.17, 15) is 5.11 Å². The van der Waals surface area contributed by atoms with E-state index in [1.807, 2.05) is 17.4 Å². The van der Waals surface area contributed by atoms with E-state index in [1.54, 1.807) is 12.1 Å². The van der Waals surface area contributed by atoms with Crippen LogP contribution in [0, 0.1) is 0 Å². The predicted octanol–water partition coefficient (Wildman–Crippen LogP) is 3.24. The molecule has 0 fully saturated rings. The molecule has 3 rings (SSSR count). The van der Waals surface area contributed by atoms with Crippen molar-refractivity contribution >= 4 is 11.3 Å². The van der Waals surface area contributed by atoms with Crippen molar-refractivity contribution in [3.05, 3.63) is 45.6 Å². The van der Waals surface area contributed by atoms with Crippen molar-refractivity contribution in [2.45, 2.75) is 25.9 Å². The molecular weight excluding hydrogens is 258 g/mol. The number of fused-ring (bicyclic) bond motifs is 1. The maximum absolute atomic E-state index is 9.42. The Morgan fingerprint density at radius 1 is 1.32 bits per heavy atom. The van der Waals surface area contributed by atoms with Gasteiger partial charge in [0.25, 0.3) is 0 Å². The lowest BCUT2D eigenvalue weighted by molar-refractivity contribution is 0.310. The van der Waals surface area contributed by atoms with E-state index >= 15 is 0 Å². The van der Waals surface area contributed by atoms with Crippen molar-refractivity contribution < 1.29 is 9.84 Å². The van der Waals surface area contributed by atoms with Crippen LogP contribution in [0.3, 0.4) is 0 Å². The molecule has 1 aliphatic rings. The fourth-order valence-corrected chi connectivity index (χ4v) is 3.21. The second-order valence-corrected chi connectivity index (χ2v) is 5.94. The summed E-state index contributed by atoms with van der Waals surface area (Å²) in [5.41, 5.74) is 1.13. The Balaban J connectivity index is 1.66. The quantitative estimate of drug-likeness (QED) is 0.900. The zero-order valence-electron chi connectivity index (χ0n) is 10.8. The Hall–Kier alpha value is -1.52. The zero-order valence-corrected chi connectivity index (χ0v) is 11.7. The zero-order chi connectivity index (χ0) is 13.2. The summed E-state index contributed by atoms with van der Waals surface area (Å²) in [7, 11) is 0. The lowest BCUT2D eigenvalue weighted by atomic mass is 10.1. The number of rotatable bonds is 4. The maximum atomic E-state index is 9.42. The first-order valence-corrected chi connectivity index (χ1v) is 7.34. The minimum atomic E-state index is 0.211. The predicted molar refractivity (Wildman–Crippen MR) is 76.9 cm³/mol. The standard InChI is InChI=1S/C15H17NO2S/c1-2-11-4-5-12(19-11)8-16-14-9-18-15-7-10(17)3-6-13(14)15/h3-7,14,16-17H,2,8-9H2,1H3. The van der Waals surface area contributed by atoms with Gasteiger partial charge < -0.3 is 15.2 Å². The average Bonchev–Trinajstić information content (AvgIpc) is 3.02. The SMILES string of the molecule is CCc1ccc(CNC2COc3cc(O)ccc32)s1. The van der Waals surface area contributed by atoms with Gasteiger partial charge in [-0.1, -0.05) is 6.92 Å². The number of thiophene rings is 1. The number of hydrogen-bond acceptors (Lipinski definition) is 4. The lowest BCUT2D eigenvalue weighted by Crippen LogP contribution is -2.21. The van der Waals surface area contributed by atoms with Crippen LogP contribution in [-0.2, 0) is 13.0 Å². The number of nitrogens with one attached hydrogen (secondary N) is 1. The van der Waals surface area contributed by atoms with Crippen LogP contribution >= 0.6 is 11.3 Å². The molecule has 3 nitrogen and oxygen atoms in total. The highest BCUT2D eigenvalue weighted by Gasteiger charge is 2.23. The average molecular weight is 275 g/mol. The van der Waals surface area contributed by atoms with Gasteiger partial charge in [0.1, 0.15) is 18.1 Å². The highest BCUT2D eigenvalue weighted by Crippen LogP contribution is 2.35. The third-order valence-electron chi connectivity index (χ3n) is 3.37. The van der Waals surface area contributed by atoms with Gasteiger partial charge in [-0.2, -0.15) is 0 Å². The molecule has 0 spiro atoms. The highest BCUT2D eigenvalue weighted by molar-refractivity contribution is 7.11. The van der Waals surface area contributed by atoms with Crippen molar-refractivity contribution in [1.82, 2.24) is 5.32 Å². The van der Waals surface area contributed by atoms with Gasteiger partial charge in [-0.15, -0.1) is 11.3 Å². The van der Waals surface area contributed by atoms with Crippen LogP contribution in [0.4, 0.5) is 0 Å². The molecule has 2 heterocycles. The number of benzene rings is 1. The van der Waals surface area contributed by atoms with E-state index in [-0.39, 0.29) is 11.8 Å². The van der Waals surface area contributed by atoms with Gasteiger partial charge in [0.05, 0.1) is 6.04 Å².